The molecule has 5 nitrogen and oxygen atoms in total. The molecule has 6 heteroatoms. The molecule has 0 spiro atoms. The number of anilines is 1. The summed E-state index contributed by atoms with van der Waals surface area (Å²) in [6.45, 7) is 0. The van der Waals surface area contributed by atoms with Gasteiger partial charge in [0, 0.05) is 23.8 Å². The second kappa shape index (κ2) is 6.74. The monoisotopic (exact) mass is 306 g/mol. The number of hydrogen-bond acceptors (Lipinski definition) is 3. The van der Waals surface area contributed by atoms with Gasteiger partial charge < -0.3 is 11.1 Å². The summed E-state index contributed by atoms with van der Waals surface area (Å²) in [6.07, 6.45) is 4.34. The largest absolute Gasteiger partial charge is 0.328 e. The van der Waals surface area contributed by atoms with E-state index in [1.54, 1.807) is 6.20 Å². The molecule has 1 heterocycles. The summed E-state index contributed by atoms with van der Waals surface area (Å²) in [6, 6.07) is 9.82. The van der Waals surface area contributed by atoms with Crippen LogP contribution in [0.3, 0.4) is 0 Å². The van der Waals surface area contributed by atoms with Crippen LogP contribution in [-0.2, 0) is 4.79 Å². The van der Waals surface area contributed by atoms with Crippen molar-refractivity contribution in [1.29, 1.82) is 0 Å². The molecule has 1 fully saturated rings. The highest BCUT2D eigenvalue weighted by atomic mass is 35.5. The van der Waals surface area contributed by atoms with Crippen LogP contribution >= 0.6 is 12.4 Å². The predicted molar refractivity (Wildman–Crippen MR) is 85.2 cm³/mol. The highest BCUT2D eigenvalue weighted by Gasteiger charge is 2.27. The van der Waals surface area contributed by atoms with Crippen LogP contribution in [-0.4, -0.2) is 22.1 Å². The summed E-state index contributed by atoms with van der Waals surface area (Å²) in [5, 5.41) is 9.79. The van der Waals surface area contributed by atoms with Crippen molar-refractivity contribution in [2.75, 3.05) is 5.32 Å². The Labute approximate surface area is 129 Å². The van der Waals surface area contributed by atoms with E-state index in [-0.39, 0.29) is 30.3 Å². The van der Waals surface area contributed by atoms with Crippen molar-refractivity contribution < 1.29 is 4.79 Å². The van der Waals surface area contributed by atoms with E-state index in [9.17, 15) is 4.79 Å². The molecule has 1 aliphatic carbocycles. The minimum Gasteiger partial charge on any atom is -0.328 e. The van der Waals surface area contributed by atoms with E-state index in [2.05, 4.69) is 15.5 Å². The first-order valence-corrected chi connectivity index (χ1v) is 6.88. The molecule has 0 aliphatic heterocycles. The van der Waals surface area contributed by atoms with Gasteiger partial charge in [0.15, 0.2) is 0 Å². The van der Waals surface area contributed by atoms with Gasteiger partial charge in [0.1, 0.15) is 0 Å². The van der Waals surface area contributed by atoms with Gasteiger partial charge >= 0.3 is 0 Å². The molecule has 1 aliphatic rings. The summed E-state index contributed by atoms with van der Waals surface area (Å²) in [4.78, 5) is 12.1. The fourth-order valence-corrected chi connectivity index (χ4v) is 2.65. The molecule has 112 valence electrons. The van der Waals surface area contributed by atoms with Crippen molar-refractivity contribution in [3.63, 3.8) is 0 Å². The summed E-state index contributed by atoms with van der Waals surface area (Å²) in [7, 11) is 0. The number of aromatic nitrogens is 2. The standard InChI is InChI=1S/C15H18N4O.ClH/c16-12-4-1-11(9-12)15(20)18-13-5-2-10(3-6-13)14-7-8-17-19-14;/h2-3,5-8,11-12H,1,4,9,16H2,(H,17,19)(H,18,20);1H. The van der Waals surface area contributed by atoms with Crippen LogP contribution in [0.4, 0.5) is 5.69 Å². The zero-order chi connectivity index (χ0) is 13.9. The summed E-state index contributed by atoms with van der Waals surface area (Å²) < 4.78 is 0. The quantitative estimate of drug-likeness (QED) is 0.815. The number of hydrogen-bond donors (Lipinski definition) is 3. The lowest BCUT2D eigenvalue weighted by Crippen LogP contribution is -2.23. The minimum absolute atomic E-state index is 0. The van der Waals surface area contributed by atoms with E-state index in [1.807, 2.05) is 30.3 Å². The number of nitrogens with zero attached hydrogens (tertiary/aromatic N) is 1. The number of H-pyrrole nitrogens is 1. The van der Waals surface area contributed by atoms with Gasteiger partial charge in [0.2, 0.25) is 5.91 Å². The molecule has 2 atom stereocenters. The van der Waals surface area contributed by atoms with Crippen LogP contribution in [0.2, 0.25) is 0 Å². The molecule has 1 amide bonds. The van der Waals surface area contributed by atoms with Crippen LogP contribution < -0.4 is 11.1 Å². The molecule has 2 aromatic rings. The summed E-state index contributed by atoms with van der Waals surface area (Å²) in [5.74, 6) is 0.129. The Kier molecular flexibility index (Phi) is 4.98. The Morgan fingerprint density at radius 3 is 2.57 bits per heavy atom. The smallest absolute Gasteiger partial charge is 0.227 e. The first-order chi connectivity index (χ1) is 9.72. The van der Waals surface area contributed by atoms with E-state index >= 15 is 0 Å². The zero-order valence-electron chi connectivity index (χ0n) is 11.6. The number of amides is 1. The molecule has 1 aromatic carbocycles. The SMILES string of the molecule is Cl.NC1CCC(C(=O)Nc2ccc(-c3ccn[nH]3)cc2)C1. The van der Waals surface area contributed by atoms with E-state index in [0.29, 0.717) is 0 Å². The number of nitrogens with one attached hydrogen (secondary N) is 2. The Morgan fingerprint density at radius 1 is 1.24 bits per heavy atom. The van der Waals surface area contributed by atoms with Gasteiger partial charge in [0.05, 0.1) is 5.69 Å². The average Bonchev–Trinajstić information content (AvgIpc) is 3.10. The fourth-order valence-electron chi connectivity index (χ4n) is 2.65. The van der Waals surface area contributed by atoms with Crippen LogP contribution in [0.25, 0.3) is 11.3 Å². The first-order valence-electron chi connectivity index (χ1n) is 6.88. The maximum absolute atomic E-state index is 12.1. The Morgan fingerprint density at radius 2 is 2.00 bits per heavy atom. The molecule has 21 heavy (non-hydrogen) atoms. The third kappa shape index (κ3) is 3.62. The van der Waals surface area contributed by atoms with E-state index in [4.69, 9.17) is 5.73 Å². The third-order valence-corrected chi connectivity index (χ3v) is 3.81. The number of aromatic amines is 1. The van der Waals surface area contributed by atoms with Crippen LogP contribution in [0, 0.1) is 5.92 Å². The van der Waals surface area contributed by atoms with Crippen molar-refractivity contribution in [3.05, 3.63) is 36.5 Å². The molecule has 0 bridgehead atoms. The molecule has 4 N–H and O–H groups in total. The van der Waals surface area contributed by atoms with Crippen LogP contribution in [0.5, 0.6) is 0 Å². The molecule has 0 radical (unpaired) electrons. The number of rotatable bonds is 3. The lowest BCUT2D eigenvalue weighted by atomic mass is 10.1. The highest BCUT2D eigenvalue weighted by Crippen LogP contribution is 2.26. The summed E-state index contributed by atoms with van der Waals surface area (Å²) >= 11 is 0. The van der Waals surface area contributed by atoms with Gasteiger partial charge in [-0.05, 0) is 43.0 Å². The van der Waals surface area contributed by atoms with Gasteiger partial charge in [-0.1, -0.05) is 12.1 Å². The number of halogens is 1. The molecule has 1 aromatic heterocycles. The fraction of sp³-hybridized carbons (Fsp3) is 0.333. The maximum Gasteiger partial charge on any atom is 0.227 e. The van der Waals surface area contributed by atoms with Crippen molar-refractivity contribution in [1.82, 2.24) is 10.2 Å². The number of nitrogens with two attached hydrogens (primary N) is 1. The second-order valence-corrected chi connectivity index (χ2v) is 5.31. The molecule has 0 saturated heterocycles. The molecular weight excluding hydrogens is 288 g/mol. The lowest BCUT2D eigenvalue weighted by Gasteiger charge is -2.11. The number of carbonyl (C=O) groups excluding carboxylic acids is 1. The predicted octanol–water partition coefficient (Wildman–Crippen LogP) is 2.56. The molecule has 2 unspecified atom stereocenters. The van der Waals surface area contributed by atoms with E-state index < -0.39 is 0 Å². The van der Waals surface area contributed by atoms with Gasteiger partial charge in [-0.25, -0.2) is 0 Å². The normalized spacial score (nSPS) is 20.8. The van der Waals surface area contributed by atoms with Crippen LogP contribution in [0.15, 0.2) is 36.5 Å². The van der Waals surface area contributed by atoms with Crippen molar-refractivity contribution >= 4 is 24.0 Å². The van der Waals surface area contributed by atoms with Gasteiger partial charge in [-0.15, -0.1) is 12.4 Å². The summed E-state index contributed by atoms with van der Waals surface area (Å²) in [5.41, 5.74) is 8.67. The zero-order valence-corrected chi connectivity index (χ0v) is 12.4. The number of benzene rings is 1. The van der Waals surface area contributed by atoms with E-state index in [0.717, 1.165) is 36.2 Å². The molecule has 1 saturated carbocycles. The Bertz CT molecular complexity index is 582. The van der Waals surface area contributed by atoms with Gasteiger partial charge in [0.25, 0.3) is 0 Å². The molecular formula is C15H19ClN4O. The van der Waals surface area contributed by atoms with Crippen molar-refractivity contribution in [2.45, 2.75) is 25.3 Å². The second-order valence-electron chi connectivity index (χ2n) is 5.31. The van der Waals surface area contributed by atoms with Gasteiger partial charge in [-0.3, -0.25) is 9.89 Å². The molecule has 3 rings (SSSR count). The van der Waals surface area contributed by atoms with E-state index in [1.165, 1.54) is 0 Å². The highest BCUT2D eigenvalue weighted by molar-refractivity contribution is 5.93. The van der Waals surface area contributed by atoms with Crippen molar-refractivity contribution in [2.24, 2.45) is 11.7 Å². The topological polar surface area (TPSA) is 83.8 Å². The Hall–Kier alpha value is -1.85. The lowest BCUT2D eigenvalue weighted by molar-refractivity contribution is -0.119. The van der Waals surface area contributed by atoms with Crippen molar-refractivity contribution in [3.8, 4) is 11.3 Å². The van der Waals surface area contributed by atoms with Crippen LogP contribution in [0.1, 0.15) is 19.3 Å². The first kappa shape index (κ1) is 15.5. The maximum atomic E-state index is 12.1. The number of carbonyl (C=O) groups is 1. The minimum atomic E-state index is 0. The van der Waals surface area contributed by atoms with Gasteiger partial charge in [-0.2, -0.15) is 5.10 Å². The average molecular weight is 307 g/mol. The Balaban J connectivity index is 0.00000161. The third-order valence-electron chi connectivity index (χ3n) is 3.81.